The highest BCUT2D eigenvalue weighted by Crippen LogP contribution is 2.26. The Morgan fingerprint density at radius 3 is 2.63 bits per heavy atom. The van der Waals surface area contributed by atoms with Gasteiger partial charge in [-0.05, 0) is 36.8 Å². The van der Waals surface area contributed by atoms with Gasteiger partial charge in [0.25, 0.3) is 5.91 Å². The second kappa shape index (κ2) is 7.33. The lowest BCUT2D eigenvalue weighted by Gasteiger charge is -2.21. The van der Waals surface area contributed by atoms with Crippen LogP contribution in [0.3, 0.4) is 0 Å². The first kappa shape index (κ1) is 18.2. The van der Waals surface area contributed by atoms with Gasteiger partial charge in [0, 0.05) is 17.3 Å². The normalized spacial score (nSPS) is 18.9. The fraction of sp³-hybridized carbons (Fsp3) is 0.150. The molecule has 2 aromatic carbocycles. The van der Waals surface area contributed by atoms with E-state index in [-0.39, 0.29) is 5.91 Å². The second-order valence-electron chi connectivity index (χ2n) is 6.18. The highest BCUT2D eigenvalue weighted by molar-refractivity contribution is 6.07. The zero-order chi connectivity index (χ0) is 19.4. The van der Waals surface area contributed by atoms with Gasteiger partial charge in [-0.1, -0.05) is 30.3 Å². The van der Waals surface area contributed by atoms with Crippen molar-refractivity contribution in [3.05, 3.63) is 65.7 Å². The molecule has 3 N–H and O–H groups in total. The number of hydrogen-bond donors (Lipinski definition) is 3. The third-order valence-corrected chi connectivity index (χ3v) is 4.31. The summed E-state index contributed by atoms with van der Waals surface area (Å²) in [7, 11) is 1.57. The molecule has 0 saturated carbocycles. The first-order valence-electron chi connectivity index (χ1n) is 8.28. The molecule has 27 heavy (non-hydrogen) atoms. The van der Waals surface area contributed by atoms with Gasteiger partial charge in [0.15, 0.2) is 0 Å². The Labute approximate surface area is 156 Å². The van der Waals surface area contributed by atoms with Gasteiger partial charge in [-0.25, -0.2) is 4.79 Å². The van der Waals surface area contributed by atoms with Crippen molar-refractivity contribution in [3.63, 3.8) is 0 Å². The lowest BCUT2D eigenvalue weighted by atomic mass is 9.92. The van der Waals surface area contributed by atoms with Crippen LogP contribution < -0.4 is 20.7 Å². The molecule has 1 aliphatic rings. The average Bonchev–Trinajstić information content (AvgIpc) is 2.93. The van der Waals surface area contributed by atoms with Gasteiger partial charge in [0.05, 0.1) is 7.11 Å². The van der Waals surface area contributed by atoms with E-state index in [4.69, 9.17) is 4.74 Å². The Hall–Kier alpha value is -3.61. The summed E-state index contributed by atoms with van der Waals surface area (Å²) in [4.78, 5) is 35.7. The SMILES string of the molecule is COc1ccccc1/C=C\C(=O)Nc1cccc([C@]2(C)NC(=O)NC2=O)c1. The summed E-state index contributed by atoms with van der Waals surface area (Å²) < 4.78 is 5.24. The predicted molar refractivity (Wildman–Crippen MR) is 101 cm³/mol. The van der Waals surface area contributed by atoms with E-state index in [2.05, 4.69) is 16.0 Å². The van der Waals surface area contributed by atoms with Crippen LogP contribution in [0.5, 0.6) is 5.75 Å². The van der Waals surface area contributed by atoms with Crippen molar-refractivity contribution in [2.24, 2.45) is 0 Å². The molecule has 0 spiro atoms. The van der Waals surface area contributed by atoms with Crippen LogP contribution in [0.4, 0.5) is 10.5 Å². The lowest BCUT2D eigenvalue weighted by molar-refractivity contribution is -0.123. The van der Waals surface area contributed by atoms with Gasteiger partial charge < -0.3 is 15.4 Å². The molecule has 7 nitrogen and oxygen atoms in total. The van der Waals surface area contributed by atoms with Crippen molar-refractivity contribution in [2.75, 3.05) is 12.4 Å². The molecule has 0 unspecified atom stereocenters. The van der Waals surface area contributed by atoms with Gasteiger partial charge in [-0.15, -0.1) is 0 Å². The number of para-hydroxylation sites is 1. The van der Waals surface area contributed by atoms with E-state index in [1.54, 1.807) is 44.4 Å². The number of anilines is 1. The number of amides is 4. The van der Waals surface area contributed by atoms with Crippen molar-refractivity contribution >= 4 is 29.6 Å². The third kappa shape index (κ3) is 3.82. The molecular weight excluding hydrogens is 346 g/mol. The summed E-state index contributed by atoms with van der Waals surface area (Å²) in [6, 6.07) is 13.6. The quantitative estimate of drug-likeness (QED) is 0.560. The largest absolute Gasteiger partial charge is 0.496 e. The topological polar surface area (TPSA) is 96.5 Å². The van der Waals surface area contributed by atoms with Gasteiger partial charge in [-0.2, -0.15) is 0 Å². The standard InChI is InChI=1S/C20H19N3O4/c1-20(18(25)22-19(26)23-20)14-7-5-8-15(12-14)21-17(24)11-10-13-6-3-4-9-16(13)27-2/h3-12H,1-2H3,(H,21,24)(H2,22,23,25,26)/b11-10-/t20-/m0/s1. The molecule has 2 aromatic rings. The molecule has 1 saturated heterocycles. The van der Waals surface area contributed by atoms with Crippen molar-refractivity contribution < 1.29 is 19.1 Å². The lowest BCUT2D eigenvalue weighted by Crippen LogP contribution is -2.40. The zero-order valence-corrected chi connectivity index (χ0v) is 14.9. The van der Waals surface area contributed by atoms with E-state index >= 15 is 0 Å². The van der Waals surface area contributed by atoms with Crippen molar-refractivity contribution in [3.8, 4) is 5.75 Å². The summed E-state index contributed by atoms with van der Waals surface area (Å²) in [5.74, 6) is -0.102. The Morgan fingerprint density at radius 1 is 1.15 bits per heavy atom. The molecule has 1 fully saturated rings. The van der Waals surface area contributed by atoms with Crippen molar-refractivity contribution in [1.29, 1.82) is 0 Å². The van der Waals surface area contributed by atoms with E-state index in [1.165, 1.54) is 6.08 Å². The minimum Gasteiger partial charge on any atom is -0.496 e. The Balaban J connectivity index is 1.75. The Kier molecular flexibility index (Phi) is 4.94. The number of urea groups is 1. The van der Waals surface area contributed by atoms with Crippen LogP contribution in [0.25, 0.3) is 6.08 Å². The monoisotopic (exact) mass is 365 g/mol. The minimum atomic E-state index is -1.18. The predicted octanol–water partition coefficient (Wildman–Crippen LogP) is 2.40. The van der Waals surface area contributed by atoms with E-state index in [1.807, 2.05) is 24.3 Å². The summed E-state index contributed by atoms with van der Waals surface area (Å²) in [6.45, 7) is 1.61. The molecule has 138 valence electrons. The molecule has 0 aliphatic carbocycles. The van der Waals surface area contributed by atoms with E-state index in [9.17, 15) is 14.4 Å². The minimum absolute atomic E-state index is 0.330. The summed E-state index contributed by atoms with van der Waals surface area (Å²) in [5.41, 5.74) is 0.682. The molecule has 1 atom stereocenters. The van der Waals surface area contributed by atoms with Crippen LogP contribution in [0.15, 0.2) is 54.6 Å². The molecule has 1 heterocycles. The number of methoxy groups -OCH3 is 1. The number of benzene rings is 2. The summed E-state index contributed by atoms with van der Waals surface area (Å²) >= 11 is 0. The van der Waals surface area contributed by atoms with Crippen molar-refractivity contribution in [1.82, 2.24) is 10.6 Å². The maximum absolute atomic E-state index is 12.2. The summed E-state index contributed by atoms with van der Waals surface area (Å²) in [5, 5.41) is 7.56. The number of rotatable bonds is 5. The summed E-state index contributed by atoms with van der Waals surface area (Å²) in [6.07, 6.45) is 3.06. The molecule has 3 rings (SSSR count). The number of nitrogens with one attached hydrogen (secondary N) is 3. The molecule has 0 aromatic heterocycles. The van der Waals surface area contributed by atoms with E-state index < -0.39 is 17.5 Å². The van der Waals surface area contributed by atoms with Crippen LogP contribution in [0.1, 0.15) is 18.1 Å². The maximum Gasteiger partial charge on any atom is 0.322 e. The van der Waals surface area contributed by atoms with E-state index in [0.29, 0.717) is 17.0 Å². The fourth-order valence-electron chi connectivity index (χ4n) is 2.81. The highest BCUT2D eigenvalue weighted by atomic mass is 16.5. The Bertz CT molecular complexity index is 938. The number of imide groups is 1. The smallest absolute Gasteiger partial charge is 0.322 e. The van der Waals surface area contributed by atoms with Crippen LogP contribution in [-0.4, -0.2) is 25.0 Å². The average molecular weight is 365 g/mol. The fourth-order valence-corrected chi connectivity index (χ4v) is 2.81. The molecule has 4 amide bonds. The van der Waals surface area contributed by atoms with Gasteiger partial charge >= 0.3 is 6.03 Å². The van der Waals surface area contributed by atoms with Crippen LogP contribution in [0, 0.1) is 0 Å². The van der Waals surface area contributed by atoms with Gasteiger partial charge in [0.2, 0.25) is 5.91 Å². The van der Waals surface area contributed by atoms with Crippen LogP contribution >= 0.6 is 0 Å². The number of carbonyl (C=O) groups is 3. The van der Waals surface area contributed by atoms with Crippen LogP contribution in [0.2, 0.25) is 0 Å². The van der Waals surface area contributed by atoms with E-state index in [0.717, 1.165) is 5.56 Å². The molecule has 0 bridgehead atoms. The van der Waals surface area contributed by atoms with Crippen molar-refractivity contribution in [2.45, 2.75) is 12.5 Å². The number of hydrogen-bond acceptors (Lipinski definition) is 4. The second-order valence-corrected chi connectivity index (χ2v) is 6.18. The van der Waals surface area contributed by atoms with Gasteiger partial charge in [-0.3, -0.25) is 14.9 Å². The first-order chi connectivity index (χ1) is 12.9. The molecule has 0 radical (unpaired) electrons. The highest BCUT2D eigenvalue weighted by Gasteiger charge is 2.43. The number of carbonyl (C=O) groups excluding carboxylic acids is 3. The van der Waals surface area contributed by atoms with Gasteiger partial charge in [0.1, 0.15) is 11.3 Å². The van der Waals surface area contributed by atoms with Crippen LogP contribution in [-0.2, 0) is 15.1 Å². The molecule has 7 heteroatoms. The number of ether oxygens (including phenoxy) is 1. The Morgan fingerprint density at radius 2 is 1.93 bits per heavy atom. The third-order valence-electron chi connectivity index (χ3n) is 4.31. The maximum atomic E-state index is 12.2. The molecular formula is C20H19N3O4. The zero-order valence-electron chi connectivity index (χ0n) is 14.9. The first-order valence-corrected chi connectivity index (χ1v) is 8.28. The molecule has 1 aliphatic heterocycles.